The van der Waals surface area contributed by atoms with Crippen LogP contribution in [0.4, 0.5) is 5.69 Å². The van der Waals surface area contributed by atoms with Gasteiger partial charge in [0.15, 0.2) is 0 Å². The molecule has 0 aromatic heterocycles. The number of carbonyl (C=O) groups is 1. The van der Waals surface area contributed by atoms with Crippen molar-refractivity contribution in [3.8, 4) is 0 Å². The van der Waals surface area contributed by atoms with Gasteiger partial charge in [-0.15, -0.1) is 0 Å². The van der Waals surface area contributed by atoms with Crippen molar-refractivity contribution in [1.29, 1.82) is 0 Å². The zero-order valence-corrected chi connectivity index (χ0v) is 10.9. The number of anilines is 1. The number of carboxylic acid groups (broad SMARTS) is 1. The molecule has 0 unspecified atom stereocenters. The van der Waals surface area contributed by atoms with Crippen LogP contribution in [0.2, 0.25) is 0 Å². The largest absolute Gasteiger partial charge is 0.481 e. The summed E-state index contributed by atoms with van der Waals surface area (Å²) in [6.45, 7) is 3.91. The first kappa shape index (κ1) is 12.9. The van der Waals surface area contributed by atoms with Crippen molar-refractivity contribution in [3.05, 3.63) is 30.3 Å². The summed E-state index contributed by atoms with van der Waals surface area (Å²) >= 11 is 0. The Labute approximate surface area is 108 Å². The molecule has 1 fully saturated rings. The first-order valence-electron chi connectivity index (χ1n) is 6.31. The molecule has 2 atom stereocenters. The predicted molar refractivity (Wildman–Crippen MR) is 71.9 cm³/mol. The molecule has 4 heteroatoms. The molecule has 98 valence electrons. The monoisotopic (exact) mass is 248 g/mol. The minimum absolute atomic E-state index is 0.0404. The van der Waals surface area contributed by atoms with Crippen LogP contribution in [0.25, 0.3) is 0 Å². The topological polar surface area (TPSA) is 43.8 Å². The lowest BCUT2D eigenvalue weighted by atomic mass is 10.0. The van der Waals surface area contributed by atoms with Crippen molar-refractivity contribution in [2.45, 2.75) is 25.4 Å². The Morgan fingerprint density at radius 2 is 2.00 bits per heavy atom. The number of piperazine rings is 1. The van der Waals surface area contributed by atoms with Crippen molar-refractivity contribution in [2.24, 2.45) is 0 Å². The van der Waals surface area contributed by atoms with Crippen molar-refractivity contribution in [2.75, 3.05) is 25.0 Å². The third kappa shape index (κ3) is 2.82. The van der Waals surface area contributed by atoms with E-state index in [1.165, 1.54) is 0 Å². The molecule has 2 rings (SSSR count). The number of para-hydroxylation sites is 1. The lowest BCUT2D eigenvalue weighted by Crippen LogP contribution is -2.57. The van der Waals surface area contributed by atoms with Crippen LogP contribution in [0.3, 0.4) is 0 Å². The molecule has 1 N–H and O–H groups in total. The molecule has 1 aliphatic rings. The molecule has 0 amide bonds. The smallest absolute Gasteiger partial charge is 0.305 e. The van der Waals surface area contributed by atoms with Crippen LogP contribution < -0.4 is 4.90 Å². The second-order valence-electron chi connectivity index (χ2n) is 5.06. The van der Waals surface area contributed by atoms with E-state index in [4.69, 9.17) is 5.11 Å². The van der Waals surface area contributed by atoms with Crippen molar-refractivity contribution in [1.82, 2.24) is 4.90 Å². The summed E-state index contributed by atoms with van der Waals surface area (Å²) in [6, 6.07) is 10.5. The summed E-state index contributed by atoms with van der Waals surface area (Å²) in [5, 5.41) is 9.06. The van der Waals surface area contributed by atoms with E-state index in [1.807, 2.05) is 25.2 Å². The van der Waals surface area contributed by atoms with Gasteiger partial charge in [0.25, 0.3) is 0 Å². The highest BCUT2D eigenvalue weighted by Gasteiger charge is 2.31. The van der Waals surface area contributed by atoms with Crippen molar-refractivity contribution < 1.29 is 9.90 Å². The zero-order chi connectivity index (χ0) is 13.1. The summed E-state index contributed by atoms with van der Waals surface area (Å²) in [4.78, 5) is 15.5. The Hall–Kier alpha value is -1.55. The summed E-state index contributed by atoms with van der Waals surface area (Å²) in [7, 11) is 2.05. The number of nitrogens with zero attached hydrogens (tertiary/aromatic N) is 2. The second kappa shape index (κ2) is 5.40. The van der Waals surface area contributed by atoms with Gasteiger partial charge in [-0.2, -0.15) is 0 Å². The summed E-state index contributed by atoms with van der Waals surface area (Å²) in [5.74, 6) is -0.733. The summed E-state index contributed by atoms with van der Waals surface area (Å²) in [6.07, 6.45) is 0.184. The Bertz CT molecular complexity index is 408. The molecular weight excluding hydrogens is 228 g/mol. The van der Waals surface area contributed by atoms with E-state index in [1.54, 1.807) is 0 Å². The standard InChI is InChI=1S/C14H20N2O2/c1-11-9-15(2)10-13(8-14(17)18)16(11)12-6-4-3-5-7-12/h3-7,11,13H,8-10H2,1-2H3,(H,17,18)/t11-,13-/m1/s1. The van der Waals surface area contributed by atoms with E-state index in [9.17, 15) is 4.79 Å². The van der Waals surface area contributed by atoms with Gasteiger partial charge in [0, 0.05) is 24.8 Å². The van der Waals surface area contributed by atoms with Gasteiger partial charge in [0.05, 0.1) is 12.5 Å². The highest BCUT2D eigenvalue weighted by atomic mass is 16.4. The molecular formula is C14H20N2O2. The number of aliphatic carboxylic acids is 1. The average molecular weight is 248 g/mol. The number of carboxylic acids is 1. The molecule has 0 saturated carbocycles. The number of hydrogen-bond donors (Lipinski definition) is 1. The zero-order valence-electron chi connectivity index (χ0n) is 10.9. The number of likely N-dealkylation sites (N-methyl/N-ethyl adjacent to an activating group) is 1. The van der Waals surface area contributed by atoms with Crippen LogP contribution in [-0.2, 0) is 4.79 Å². The van der Waals surface area contributed by atoms with Gasteiger partial charge < -0.3 is 14.9 Å². The Morgan fingerprint density at radius 1 is 1.33 bits per heavy atom. The van der Waals surface area contributed by atoms with E-state index in [0.717, 1.165) is 18.8 Å². The van der Waals surface area contributed by atoms with Crippen LogP contribution in [0.1, 0.15) is 13.3 Å². The minimum atomic E-state index is -0.733. The molecule has 0 bridgehead atoms. The Balaban J connectivity index is 2.24. The second-order valence-corrected chi connectivity index (χ2v) is 5.06. The van der Waals surface area contributed by atoms with Crippen molar-refractivity contribution in [3.63, 3.8) is 0 Å². The van der Waals surface area contributed by atoms with Gasteiger partial charge in [-0.05, 0) is 26.1 Å². The fourth-order valence-electron chi connectivity index (χ4n) is 2.85. The third-order valence-electron chi connectivity index (χ3n) is 3.43. The molecule has 1 aromatic carbocycles. The average Bonchev–Trinajstić information content (AvgIpc) is 2.28. The van der Waals surface area contributed by atoms with Gasteiger partial charge in [0.2, 0.25) is 0 Å². The van der Waals surface area contributed by atoms with E-state index in [-0.39, 0.29) is 12.5 Å². The van der Waals surface area contributed by atoms with Gasteiger partial charge >= 0.3 is 5.97 Å². The van der Waals surface area contributed by atoms with Gasteiger partial charge in [-0.3, -0.25) is 4.79 Å². The van der Waals surface area contributed by atoms with Gasteiger partial charge in [0.1, 0.15) is 0 Å². The fraction of sp³-hybridized carbons (Fsp3) is 0.500. The van der Waals surface area contributed by atoms with Crippen LogP contribution in [0.5, 0.6) is 0 Å². The van der Waals surface area contributed by atoms with Crippen molar-refractivity contribution >= 4 is 11.7 Å². The summed E-state index contributed by atoms with van der Waals surface area (Å²) < 4.78 is 0. The maximum atomic E-state index is 11.0. The van der Waals surface area contributed by atoms with Gasteiger partial charge in [-0.1, -0.05) is 18.2 Å². The lowest BCUT2D eigenvalue weighted by molar-refractivity contribution is -0.137. The van der Waals surface area contributed by atoms with Crippen LogP contribution in [-0.4, -0.2) is 48.2 Å². The lowest BCUT2D eigenvalue weighted by Gasteiger charge is -2.45. The minimum Gasteiger partial charge on any atom is -0.481 e. The molecule has 0 radical (unpaired) electrons. The fourth-order valence-corrected chi connectivity index (χ4v) is 2.85. The Kier molecular flexibility index (Phi) is 3.87. The number of benzene rings is 1. The Morgan fingerprint density at radius 3 is 2.61 bits per heavy atom. The van der Waals surface area contributed by atoms with E-state index in [2.05, 4.69) is 28.9 Å². The molecule has 4 nitrogen and oxygen atoms in total. The van der Waals surface area contributed by atoms with Crippen LogP contribution >= 0.6 is 0 Å². The third-order valence-corrected chi connectivity index (χ3v) is 3.43. The number of rotatable bonds is 3. The normalized spacial score (nSPS) is 25.1. The summed E-state index contributed by atoms with van der Waals surface area (Å²) in [5.41, 5.74) is 1.12. The highest BCUT2D eigenvalue weighted by Crippen LogP contribution is 2.25. The molecule has 1 saturated heterocycles. The van der Waals surface area contributed by atoms with E-state index >= 15 is 0 Å². The molecule has 0 spiro atoms. The SMILES string of the molecule is C[C@@H]1CN(C)C[C@@H](CC(=O)O)N1c1ccccc1. The highest BCUT2D eigenvalue weighted by molar-refractivity contribution is 5.69. The number of hydrogen-bond acceptors (Lipinski definition) is 3. The molecule has 1 aliphatic heterocycles. The molecule has 0 aliphatic carbocycles. The molecule has 1 aromatic rings. The maximum Gasteiger partial charge on any atom is 0.305 e. The van der Waals surface area contributed by atoms with Gasteiger partial charge in [-0.25, -0.2) is 0 Å². The quantitative estimate of drug-likeness (QED) is 0.883. The first-order chi connectivity index (χ1) is 8.58. The van der Waals surface area contributed by atoms with E-state index < -0.39 is 5.97 Å². The molecule has 1 heterocycles. The maximum absolute atomic E-state index is 11.0. The molecule has 18 heavy (non-hydrogen) atoms. The van der Waals surface area contributed by atoms with Crippen LogP contribution in [0.15, 0.2) is 30.3 Å². The predicted octanol–water partition coefficient (Wildman–Crippen LogP) is 1.67. The van der Waals surface area contributed by atoms with Crippen LogP contribution in [0, 0.1) is 0 Å². The van der Waals surface area contributed by atoms with E-state index in [0.29, 0.717) is 6.04 Å². The first-order valence-corrected chi connectivity index (χ1v) is 6.31.